The lowest BCUT2D eigenvalue weighted by atomic mass is 10.3. The van der Waals surface area contributed by atoms with Gasteiger partial charge in [0.1, 0.15) is 11.5 Å². The Hall–Kier alpha value is -2.78. The van der Waals surface area contributed by atoms with E-state index in [4.69, 9.17) is 21.7 Å². The molecule has 0 radical (unpaired) electrons. The predicted molar refractivity (Wildman–Crippen MR) is 111 cm³/mol. The molecule has 27 heavy (non-hydrogen) atoms. The minimum absolute atomic E-state index is 0.0424. The highest BCUT2D eigenvalue weighted by Crippen LogP contribution is 2.30. The maximum Gasteiger partial charge on any atom is 0.262 e. The van der Waals surface area contributed by atoms with Crippen LogP contribution in [0.5, 0.6) is 11.5 Å². The highest BCUT2D eigenvalue weighted by Gasteiger charge is 2.19. The van der Waals surface area contributed by atoms with Crippen LogP contribution in [0.4, 0.5) is 11.4 Å². The van der Waals surface area contributed by atoms with Crippen molar-refractivity contribution in [2.24, 2.45) is 0 Å². The molecular weight excluding hydrogens is 386 g/mol. The molecule has 3 N–H and O–H groups in total. The van der Waals surface area contributed by atoms with Gasteiger partial charge in [0.25, 0.3) is 10.0 Å². The lowest BCUT2D eigenvalue weighted by Crippen LogP contribution is -2.28. The summed E-state index contributed by atoms with van der Waals surface area (Å²) in [5.41, 5.74) is 0.881. The number of methoxy groups -OCH3 is 2. The van der Waals surface area contributed by atoms with Gasteiger partial charge in [0.15, 0.2) is 5.11 Å². The molecule has 2 aromatic rings. The number of thiocarbonyl (C=S) groups is 1. The van der Waals surface area contributed by atoms with E-state index in [2.05, 4.69) is 21.9 Å². The Kier molecular flexibility index (Phi) is 7.03. The standard InChI is InChI=1S/C18H21N3O4S2/c1-4-11-19-18(26)20-14-10-9-13(12-17(14)25-3)27(22,23)21-15-7-5-6-8-16(15)24-2/h4-10,12,21H,1,11H2,2-3H3,(H2,19,20,26). The fourth-order valence-electron chi connectivity index (χ4n) is 2.21. The van der Waals surface area contributed by atoms with Crippen LogP contribution >= 0.6 is 12.2 Å². The van der Waals surface area contributed by atoms with Crippen LogP contribution in [0.25, 0.3) is 0 Å². The summed E-state index contributed by atoms with van der Waals surface area (Å²) in [4.78, 5) is 0.0424. The second-order valence-corrected chi connectivity index (χ2v) is 7.38. The topological polar surface area (TPSA) is 88.7 Å². The van der Waals surface area contributed by atoms with Gasteiger partial charge in [-0.3, -0.25) is 4.72 Å². The molecule has 0 saturated carbocycles. The van der Waals surface area contributed by atoms with Crippen molar-refractivity contribution in [3.63, 3.8) is 0 Å². The molecule has 0 unspecified atom stereocenters. The average Bonchev–Trinajstić information content (AvgIpc) is 2.66. The molecule has 2 rings (SSSR count). The first kappa shape index (κ1) is 20.5. The molecule has 0 atom stereocenters. The predicted octanol–water partition coefficient (Wildman–Crippen LogP) is 2.98. The Morgan fingerprint density at radius 2 is 1.81 bits per heavy atom. The molecule has 0 bridgehead atoms. The highest BCUT2D eigenvalue weighted by atomic mass is 32.2. The number of ether oxygens (including phenoxy) is 2. The zero-order valence-electron chi connectivity index (χ0n) is 15.0. The minimum atomic E-state index is -3.84. The summed E-state index contributed by atoms with van der Waals surface area (Å²) in [6.07, 6.45) is 1.67. The zero-order valence-corrected chi connectivity index (χ0v) is 16.6. The molecule has 9 heteroatoms. The van der Waals surface area contributed by atoms with Crippen molar-refractivity contribution in [2.75, 3.05) is 30.8 Å². The van der Waals surface area contributed by atoms with E-state index >= 15 is 0 Å². The average molecular weight is 408 g/mol. The van der Waals surface area contributed by atoms with Crippen molar-refractivity contribution < 1.29 is 17.9 Å². The Bertz CT molecular complexity index is 930. The molecule has 0 amide bonds. The first-order valence-electron chi connectivity index (χ1n) is 7.91. The Labute approximate surface area is 164 Å². The summed E-state index contributed by atoms with van der Waals surface area (Å²) < 4.78 is 38.4. The molecule has 0 heterocycles. The van der Waals surface area contributed by atoms with E-state index in [0.29, 0.717) is 34.5 Å². The van der Waals surface area contributed by atoms with E-state index < -0.39 is 10.0 Å². The molecule has 0 aromatic heterocycles. The summed E-state index contributed by atoms with van der Waals surface area (Å²) in [7, 11) is -0.916. The van der Waals surface area contributed by atoms with Gasteiger partial charge in [0.05, 0.1) is 30.5 Å². The summed E-state index contributed by atoms with van der Waals surface area (Å²) in [5.74, 6) is 0.755. The minimum Gasteiger partial charge on any atom is -0.495 e. The number of hydrogen-bond donors (Lipinski definition) is 3. The van der Waals surface area contributed by atoms with Crippen LogP contribution < -0.4 is 24.8 Å². The maximum atomic E-state index is 12.7. The molecule has 7 nitrogen and oxygen atoms in total. The third kappa shape index (κ3) is 5.35. The molecule has 2 aromatic carbocycles. The van der Waals surface area contributed by atoms with Crippen LogP contribution in [-0.2, 0) is 10.0 Å². The van der Waals surface area contributed by atoms with Crippen molar-refractivity contribution in [2.45, 2.75) is 4.90 Å². The normalized spacial score (nSPS) is 10.6. The summed E-state index contributed by atoms with van der Waals surface area (Å²) in [6, 6.07) is 11.2. The second kappa shape index (κ2) is 9.24. The summed E-state index contributed by atoms with van der Waals surface area (Å²) in [6.45, 7) is 4.10. The number of hydrogen-bond acceptors (Lipinski definition) is 5. The highest BCUT2D eigenvalue weighted by molar-refractivity contribution is 7.92. The zero-order chi connectivity index (χ0) is 19.9. The molecular formula is C18H21N3O4S2. The van der Waals surface area contributed by atoms with Crippen molar-refractivity contribution in [1.29, 1.82) is 0 Å². The quantitative estimate of drug-likeness (QED) is 0.458. The number of sulfonamides is 1. The van der Waals surface area contributed by atoms with Crippen molar-refractivity contribution in [3.8, 4) is 11.5 Å². The number of rotatable bonds is 8. The molecule has 0 aliphatic heterocycles. The van der Waals surface area contributed by atoms with Gasteiger partial charge in [-0.15, -0.1) is 6.58 Å². The van der Waals surface area contributed by atoms with Crippen molar-refractivity contribution >= 4 is 38.7 Å². The molecule has 144 valence electrons. The van der Waals surface area contributed by atoms with E-state index in [9.17, 15) is 8.42 Å². The van der Waals surface area contributed by atoms with Gasteiger partial charge in [0, 0.05) is 12.6 Å². The van der Waals surface area contributed by atoms with Crippen LogP contribution in [0.3, 0.4) is 0 Å². The molecule has 0 fully saturated rings. The smallest absolute Gasteiger partial charge is 0.262 e. The van der Waals surface area contributed by atoms with Gasteiger partial charge in [0.2, 0.25) is 0 Å². The van der Waals surface area contributed by atoms with E-state index in [1.165, 1.54) is 26.4 Å². The monoisotopic (exact) mass is 407 g/mol. The van der Waals surface area contributed by atoms with Crippen LogP contribution in [0.2, 0.25) is 0 Å². The lowest BCUT2D eigenvalue weighted by Gasteiger charge is -2.15. The first-order chi connectivity index (χ1) is 12.9. The van der Waals surface area contributed by atoms with Gasteiger partial charge >= 0.3 is 0 Å². The van der Waals surface area contributed by atoms with Crippen molar-refractivity contribution in [1.82, 2.24) is 5.32 Å². The van der Waals surface area contributed by atoms with Gasteiger partial charge in [-0.1, -0.05) is 18.2 Å². The van der Waals surface area contributed by atoms with Crippen LogP contribution in [-0.4, -0.2) is 34.3 Å². The number of nitrogens with one attached hydrogen (secondary N) is 3. The van der Waals surface area contributed by atoms with Crippen LogP contribution in [0.15, 0.2) is 60.0 Å². The lowest BCUT2D eigenvalue weighted by molar-refractivity contribution is 0.415. The van der Waals surface area contributed by atoms with E-state index in [0.717, 1.165) is 0 Å². The second-order valence-electron chi connectivity index (χ2n) is 5.29. The first-order valence-corrected chi connectivity index (χ1v) is 9.80. The van der Waals surface area contributed by atoms with E-state index in [1.54, 1.807) is 36.4 Å². The Morgan fingerprint density at radius 1 is 1.11 bits per heavy atom. The van der Waals surface area contributed by atoms with Gasteiger partial charge < -0.3 is 20.1 Å². The van der Waals surface area contributed by atoms with Gasteiger partial charge in [-0.25, -0.2) is 8.42 Å². The van der Waals surface area contributed by atoms with Gasteiger partial charge in [-0.2, -0.15) is 0 Å². The van der Waals surface area contributed by atoms with E-state index in [-0.39, 0.29) is 4.90 Å². The van der Waals surface area contributed by atoms with Crippen LogP contribution in [0.1, 0.15) is 0 Å². The third-order valence-electron chi connectivity index (χ3n) is 3.49. The number of benzene rings is 2. The summed E-state index contributed by atoms with van der Waals surface area (Å²) in [5, 5.41) is 6.25. The number of anilines is 2. The third-order valence-corrected chi connectivity index (χ3v) is 5.10. The molecule has 0 aliphatic rings. The van der Waals surface area contributed by atoms with Crippen LogP contribution in [0, 0.1) is 0 Å². The Balaban J connectivity index is 2.27. The van der Waals surface area contributed by atoms with Crippen molar-refractivity contribution in [3.05, 3.63) is 55.1 Å². The Morgan fingerprint density at radius 3 is 2.48 bits per heavy atom. The largest absolute Gasteiger partial charge is 0.495 e. The molecule has 0 aliphatic carbocycles. The van der Waals surface area contributed by atoms with Gasteiger partial charge in [-0.05, 0) is 36.5 Å². The summed E-state index contributed by atoms with van der Waals surface area (Å²) >= 11 is 5.16. The number of para-hydroxylation sites is 2. The SMILES string of the molecule is C=CCNC(=S)Nc1ccc(S(=O)(=O)Nc2ccccc2OC)cc1OC. The fourth-order valence-corrected chi connectivity index (χ4v) is 3.48. The van der Waals surface area contributed by atoms with E-state index in [1.807, 2.05) is 0 Å². The fraction of sp³-hybridized carbons (Fsp3) is 0.167. The molecule has 0 spiro atoms. The molecule has 0 saturated heterocycles. The maximum absolute atomic E-state index is 12.7.